The lowest BCUT2D eigenvalue weighted by Gasteiger charge is -2.11. The summed E-state index contributed by atoms with van der Waals surface area (Å²) in [6, 6.07) is 1.76. The number of pyridine rings is 1. The molecule has 0 saturated carbocycles. The minimum absolute atomic E-state index is 0.0566. The van der Waals surface area contributed by atoms with Crippen LogP contribution in [0.2, 0.25) is 0 Å². The Morgan fingerprint density at radius 1 is 1.44 bits per heavy atom. The predicted octanol–water partition coefficient (Wildman–Crippen LogP) is 1.51. The van der Waals surface area contributed by atoms with Gasteiger partial charge in [-0.05, 0) is 13.8 Å². The van der Waals surface area contributed by atoms with Crippen LogP contribution in [0.25, 0.3) is 0 Å². The first-order valence-electron chi connectivity index (χ1n) is 5.46. The van der Waals surface area contributed by atoms with E-state index in [4.69, 9.17) is 15.9 Å². The van der Waals surface area contributed by atoms with Gasteiger partial charge in [0, 0.05) is 18.8 Å². The molecule has 0 unspecified atom stereocenters. The smallest absolute Gasteiger partial charge is 0.165 e. The van der Waals surface area contributed by atoms with Crippen LogP contribution in [-0.2, 0) is 7.05 Å². The Kier molecular flexibility index (Phi) is 3.01. The molecule has 0 aliphatic heterocycles. The number of amidine groups is 1. The Bertz CT molecular complexity index is 603. The van der Waals surface area contributed by atoms with Gasteiger partial charge in [-0.1, -0.05) is 0 Å². The lowest BCUT2D eigenvalue weighted by Crippen LogP contribution is -2.15. The quantitative estimate of drug-likeness (QED) is 0.633. The van der Waals surface area contributed by atoms with Crippen molar-refractivity contribution in [1.82, 2.24) is 14.8 Å². The van der Waals surface area contributed by atoms with Crippen LogP contribution in [0.5, 0.6) is 11.5 Å². The van der Waals surface area contributed by atoms with Crippen molar-refractivity contribution in [2.75, 3.05) is 0 Å². The third kappa shape index (κ3) is 2.32. The number of aromatic nitrogens is 3. The molecule has 0 bridgehead atoms. The summed E-state index contributed by atoms with van der Waals surface area (Å²) >= 11 is 0. The number of nitrogens with zero attached hydrogens (tertiary/aromatic N) is 3. The van der Waals surface area contributed by atoms with E-state index >= 15 is 0 Å². The van der Waals surface area contributed by atoms with Gasteiger partial charge in [0.05, 0.1) is 23.7 Å². The number of nitrogens with two attached hydrogens (primary N) is 1. The fourth-order valence-corrected chi connectivity index (χ4v) is 1.78. The van der Waals surface area contributed by atoms with E-state index in [1.165, 1.54) is 0 Å². The van der Waals surface area contributed by atoms with Crippen molar-refractivity contribution in [3.63, 3.8) is 0 Å². The van der Waals surface area contributed by atoms with E-state index in [9.17, 15) is 0 Å². The molecule has 18 heavy (non-hydrogen) atoms. The molecule has 3 N–H and O–H groups in total. The van der Waals surface area contributed by atoms with E-state index < -0.39 is 0 Å². The van der Waals surface area contributed by atoms with Crippen molar-refractivity contribution in [3.05, 3.63) is 35.4 Å². The monoisotopic (exact) mass is 245 g/mol. The number of nitrogens with one attached hydrogen (secondary N) is 1. The molecule has 0 aliphatic carbocycles. The molecule has 0 aliphatic rings. The zero-order valence-corrected chi connectivity index (χ0v) is 10.6. The van der Waals surface area contributed by atoms with Gasteiger partial charge in [0.15, 0.2) is 5.75 Å². The summed E-state index contributed by atoms with van der Waals surface area (Å²) in [5, 5.41) is 11.6. The van der Waals surface area contributed by atoms with Crippen LogP contribution in [-0.4, -0.2) is 20.6 Å². The number of nitrogen functional groups attached to an aromatic ring is 1. The van der Waals surface area contributed by atoms with E-state index in [1.807, 2.05) is 14.0 Å². The fraction of sp³-hybridized carbons (Fsp3) is 0.250. The van der Waals surface area contributed by atoms with E-state index in [0.29, 0.717) is 22.8 Å². The number of aryl methyl sites for hydroxylation is 3. The van der Waals surface area contributed by atoms with Gasteiger partial charge in [-0.3, -0.25) is 15.1 Å². The molecule has 0 atom stereocenters. The molecular formula is C12H15N5O. The van der Waals surface area contributed by atoms with Crippen molar-refractivity contribution in [3.8, 4) is 11.5 Å². The molecular weight excluding hydrogens is 230 g/mol. The van der Waals surface area contributed by atoms with Crippen molar-refractivity contribution in [1.29, 1.82) is 5.41 Å². The largest absolute Gasteiger partial charge is 0.453 e. The first-order valence-corrected chi connectivity index (χ1v) is 5.46. The first-order chi connectivity index (χ1) is 8.47. The Hall–Kier alpha value is -2.37. The summed E-state index contributed by atoms with van der Waals surface area (Å²) in [4.78, 5) is 4.28. The summed E-state index contributed by atoms with van der Waals surface area (Å²) in [7, 11) is 1.81. The molecule has 94 valence electrons. The second-order valence-corrected chi connectivity index (χ2v) is 4.09. The van der Waals surface area contributed by atoms with Crippen molar-refractivity contribution in [2.45, 2.75) is 13.8 Å². The van der Waals surface area contributed by atoms with Gasteiger partial charge < -0.3 is 10.5 Å². The molecule has 2 rings (SSSR count). The van der Waals surface area contributed by atoms with Crippen LogP contribution in [0.3, 0.4) is 0 Å². The Morgan fingerprint density at radius 2 is 2.17 bits per heavy atom. The van der Waals surface area contributed by atoms with Gasteiger partial charge in [0.2, 0.25) is 0 Å². The molecule has 6 heteroatoms. The standard InChI is InChI=1S/C12H15N5O/c1-7-4-10(11(12(13)14)8(2)16-7)18-9-5-15-17(3)6-9/h4-6H,1-3H3,(H3,13,14). The number of rotatable bonds is 3. The van der Waals surface area contributed by atoms with Gasteiger partial charge in [-0.15, -0.1) is 0 Å². The highest BCUT2D eigenvalue weighted by atomic mass is 16.5. The Labute approximate surface area is 105 Å². The lowest BCUT2D eigenvalue weighted by molar-refractivity contribution is 0.479. The summed E-state index contributed by atoms with van der Waals surface area (Å²) in [6.07, 6.45) is 3.35. The maximum atomic E-state index is 7.60. The van der Waals surface area contributed by atoms with Crippen LogP contribution in [0.4, 0.5) is 0 Å². The summed E-state index contributed by atoms with van der Waals surface area (Å²) in [6.45, 7) is 3.67. The normalized spacial score (nSPS) is 10.4. The third-order valence-electron chi connectivity index (χ3n) is 2.47. The van der Waals surface area contributed by atoms with Crippen LogP contribution in [0.15, 0.2) is 18.5 Å². The molecule has 0 radical (unpaired) electrons. The maximum absolute atomic E-state index is 7.60. The van der Waals surface area contributed by atoms with E-state index in [-0.39, 0.29) is 5.84 Å². The molecule has 0 fully saturated rings. The van der Waals surface area contributed by atoms with Gasteiger partial charge in [0.1, 0.15) is 11.6 Å². The van der Waals surface area contributed by atoms with Crippen LogP contribution < -0.4 is 10.5 Å². The minimum Gasteiger partial charge on any atom is -0.453 e. The average Bonchev–Trinajstić information content (AvgIpc) is 2.62. The highest BCUT2D eigenvalue weighted by Crippen LogP contribution is 2.27. The van der Waals surface area contributed by atoms with Crippen LogP contribution in [0.1, 0.15) is 17.0 Å². The third-order valence-corrected chi connectivity index (χ3v) is 2.47. The highest BCUT2D eigenvalue weighted by Gasteiger charge is 2.13. The molecule has 2 aromatic heterocycles. The summed E-state index contributed by atoms with van der Waals surface area (Å²) < 4.78 is 7.35. The highest BCUT2D eigenvalue weighted by molar-refractivity contribution is 5.98. The van der Waals surface area contributed by atoms with Crippen molar-refractivity contribution in [2.24, 2.45) is 12.8 Å². The fourth-order valence-electron chi connectivity index (χ4n) is 1.78. The molecule has 0 aromatic carbocycles. The second-order valence-electron chi connectivity index (χ2n) is 4.09. The minimum atomic E-state index is -0.0566. The molecule has 0 saturated heterocycles. The van der Waals surface area contributed by atoms with E-state index in [1.54, 1.807) is 30.1 Å². The molecule has 6 nitrogen and oxygen atoms in total. The summed E-state index contributed by atoms with van der Waals surface area (Å²) in [5.41, 5.74) is 7.58. The SMILES string of the molecule is Cc1cc(Oc2cnn(C)c2)c(C(=N)N)c(C)n1. The Morgan fingerprint density at radius 3 is 2.72 bits per heavy atom. The van der Waals surface area contributed by atoms with Gasteiger partial charge in [-0.2, -0.15) is 5.10 Å². The zero-order chi connectivity index (χ0) is 13.3. The Balaban J connectivity index is 2.45. The topological polar surface area (TPSA) is 89.8 Å². The molecule has 2 heterocycles. The van der Waals surface area contributed by atoms with E-state index in [2.05, 4.69) is 10.1 Å². The number of hydrogen-bond acceptors (Lipinski definition) is 4. The lowest BCUT2D eigenvalue weighted by atomic mass is 10.1. The first kappa shape index (κ1) is 12.1. The molecule has 0 spiro atoms. The van der Waals surface area contributed by atoms with Crippen LogP contribution >= 0.6 is 0 Å². The summed E-state index contributed by atoms with van der Waals surface area (Å²) in [5.74, 6) is 1.07. The predicted molar refractivity (Wildman–Crippen MR) is 68.0 cm³/mol. The van der Waals surface area contributed by atoms with Gasteiger partial charge >= 0.3 is 0 Å². The molecule has 0 amide bonds. The molecule has 2 aromatic rings. The van der Waals surface area contributed by atoms with Crippen molar-refractivity contribution < 1.29 is 4.74 Å². The average molecular weight is 245 g/mol. The van der Waals surface area contributed by atoms with Crippen LogP contribution in [0, 0.1) is 19.3 Å². The van der Waals surface area contributed by atoms with Crippen molar-refractivity contribution >= 4 is 5.84 Å². The zero-order valence-electron chi connectivity index (χ0n) is 10.6. The number of hydrogen-bond donors (Lipinski definition) is 2. The van der Waals surface area contributed by atoms with E-state index in [0.717, 1.165) is 5.69 Å². The second kappa shape index (κ2) is 4.48. The number of ether oxygens (including phenoxy) is 1. The van der Waals surface area contributed by atoms with Gasteiger partial charge in [0.25, 0.3) is 0 Å². The maximum Gasteiger partial charge on any atom is 0.165 e. The van der Waals surface area contributed by atoms with Gasteiger partial charge in [-0.25, -0.2) is 0 Å².